The van der Waals surface area contributed by atoms with Gasteiger partial charge in [-0.15, -0.1) is 0 Å². The Morgan fingerprint density at radius 3 is 2.08 bits per heavy atom. The topological polar surface area (TPSA) is 103 Å². The highest BCUT2D eigenvalue weighted by molar-refractivity contribution is 5.72. The van der Waals surface area contributed by atoms with Gasteiger partial charge in [-0.2, -0.15) is 31.4 Å². The largest absolute Gasteiger partial charge is 0.469 e. The van der Waals surface area contributed by atoms with Crippen molar-refractivity contribution in [3.63, 3.8) is 0 Å². The maximum atomic E-state index is 13.7. The van der Waals surface area contributed by atoms with Crippen LogP contribution < -0.4 is 4.90 Å². The summed E-state index contributed by atoms with van der Waals surface area (Å²) in [6.45, 7) is 1.56. The summed E-state index contributed by atoms with van der Waals surface area (Å²) in [6.07, 6.45) is -1.78. The average Bonchev–Trinajstić information content (AvgIpc) is 3.69. The molecule has 1 amide bonds. The fourth-order valence-corrected chi connectivity index (χ4v) is 6.38. The van der Waals surface area contributed by atoms with Gasteiger partial charge in [0.2, 0.25) is 5.95 Å². The third kappa shape index (κ3) is 8.01. The number of halogens is 6. The number of carbonyl (C=O) groups excluding carboxylic acids is 2. The molecule has 16 heteroatoms. The molecule has 1 saturated carbocycles. The van der Waals surface area contributed by atoms with Crippen LogP contribution in [0.15, 0.2) is 43.0 Å². The molecule has 2 atom stereocenters. The number of ether oxygens (including phenoxy) is 2. The Hall–Kier alpha value is -4.37. The van der Waals surface area contributed by atoms with E-state index in [-0.39, 0.29) is 48.6 Å². The number of nitrogens with zero attached hydrogens (tertiary/aromatic N) is 6. The van der Waals surface area contributed by atoms with Crippen LogP contribution in [-0.2, 0) is 40.2 Å². The molecule has 10 nitrogen and oxygen atoms in total. The zero-order valence-corrected chi connectivity index (χ0v) is 26.6. The molecule has 1 aliphatic heterocycles. The molecule has 1 aromatic carbocycles. The van der Waals surface area contributed by atoms with Crippen LogP contribution in [0.25, 0.3) is 11.1 Å². The molecule has 260 valence electrons. The van der Waals surface area contributed by atoms with E-state index in [4.69, 9.17) is 9.47 Å². The van der Waals surface area contributed by atoms with Crippen molar-refractivity contribution in [1.82, 2.24) is 24.6 Å². The number of aromatic nitrogens is 4. The summed E-state index contributed by atoms with van der Waals surface area (Å²) in [5.74, 6) is -0.478. The molecule has 3 heterocycles. The van der Waals surface area contributed by atoms with E-state index in [0.29, 0.717) is 61.8 Å². The molecule has 0 spiro atoms. The minimum atomic E-state index is -5.01. The first-order chi connectivity index (χ1) is 22.7. The molecular weight excluding hydrogens is 646 g/mol. The van der Waals surface area contributed by atoms with Gasteiger partial charge in [0.1, 0.15) is 6.10 Å². The summed E-state index contributed by atoms with van der Waals surface area (Å²) in [4.78, 5) is 37.3. The third-order valence-electron chi connectivity index (χ3n) is 8.95. The van der Waals surface area contributed by atoms with Gasteiger partial charge in [0.25, 0.3) is 0 Å². The van der Waals surface area contributed by atoms with Crippen molar-refractivity contribution < 1.29 is 45.4 Å². The first-order valence-corrected chi connectivity index (χ1v) is 15.6. The molecule has 2 fully saturated rings. The van der Waals surface area contributed by atoms with E-state index in [1.807, 2.05) is 6.92 Å². The highest BCUT2D eigenvalue weighted by atomic mass is 19.4. The van der Waals surface area contributed by atoms with Gasteiger partial charge in [-0.1, -0.05) is 6.92 Å². The number of alkyl halides is 6. The van der Waals surface area contributed by atoms with Crippen LogP contribution in [0, 0.1) is 5.92 Å². The summed E-state index contributed by atoms with van der Waals surface area (Å²) in [6, 6.07) is 0.584. The lowest BCUT2D eigenvalue weighted by Gasteiger charge is -2.31. The molecular formula is C32H36F6N6O4. The minimum Gasteiger partial charge on any atom is -0.469 e. The van der Waals surface area contributed by atoms with Crippen molar-refractivity contribution in [3.05, 3.63) is 59.7 Å². The smallest absolute Gasteiger partial charge is 0.416 e. The molecule has 3 aromatic rings. The van der Waals surface area contributed by atoms with Crippen LogP contribution >= 0.6 is 0 Å². The number of anilines is 1. The molecule has 2 aromatic heterocycles. The Morgan fingerprint density at radius 1 is 0.938 bits per heavy atom. The fraction of sp³-hybridized carbons (Fsp3) is 0.531. The number of esters is 1. The SMILES string of the molecule is CC[C@@H]1C[C@H](N(Cc2cc(C(F)(F)F)cc(C(F)(F)F)c2)c2ncc(-c3cnn(C)c3)cn2)CN1C(=O)OC1CCC(C(=O)OC)CC1. The second-order valence-corrected chi connectivity index (χ2v) is 12.2. The number of hydrogen-bond acceptors (Lipinski definition) is 8. The number of hydrogen-bond donors (Lipinski definition) is 0. The Morgan fingerprint density at radius 2 is 1.56 bits per heavy atom. The van der Waals surface area contributed by atoms with Crippen LogP contribution in [0.1, 0.15) is 62.1 Å². The van der Waals surface area contributed by atoms with E-state index < -0.39 is 41.7 Å². The van der Waals surface area contributed by atoms with Crippen molar-refractivity contribution >= 4 is 18.0 Å². The summed E-state index contributed by atoms with van der Waals surface area (Å²) in [5, 5.41) is 4.12. The molecule has 0 N–H and O–H groups in total. The molecule has 1 saturated heterocycles. The number of carbonyl (C=O) groups is 2. The van der Waals surface area contributed by atoms with Crippen LogP contribution in [-0.4, -0.2) is 68.6 Å². The number of benzene rings is 1. The third-order valence-corrected chi connectivity index (χ3v) is 8.95. The number of amides is 1. The van der Waals surface area contributed by atoms with Crippen LogP contribution in [0.4, 0.5) is 37.1 Å². The highest BCUT2D eigenvalue weighted by Crippen LogP contribution is 2.38. The van der Waals surface area contributed by atoms with Crippen LogP contribution in [0.5, 0.6) is 0 Å². The van der Waals surface area contributed by atoms with Crippen molar-refractivity contribution in [2.75, 3.05) is 18.6 Å². The van der Waals surface area contributed by atoms with Gasteiger partial charge in [0, 0.05) is 55.9 Å². The van der Waals surface area contributed by atoms with E-state index in [0.717, 1.165) is 0 Å². The summed E-state index contributed by atoms with van der Waals surface area (Å²) < 4.78 is 94.5. The predicted octanol–water partition coefficient (Wildman–Crippen LogP) is 6.64. The standard InChI is InChI=1S/C32H36F6N6O4/c1-4-25-12-26(18-44(25)30(46)48-27-7-5-20(6-8-27)28(45)47-3)43(29-39-13-21(14-40-29)22-15-41-42(2)17-22)16-19-9-23(31(33,34)35)11-24(10-19)32(36,37)38/h9-11,13-15,17,20,25-27H,4-8,12,16,18H2,1-3H3/t20?,25-,26+,27?/m1/s1. The second kappa shape index (κ2) is 14.0. The average molecular weight is 683 g/mol. The van der Waals surface area contributed by atoms with Gasteiger partial charge in [-0.3, -0.25) is 9.48 Å². The monoisotopic (exact) mass is 682 g/mol. The Balaban J connectivity index is 1.42. The first kappa shape index (κ1) is 35.0. The lowest BCUT2D eigenvalue weighted by Crippen LogP contribution is -2.42. The number of methoxy groups -OCH3 is 1. The van der Waals surface area contributed by atoms with Crippen molar-refractivity contribution in [2.45, 2.75) is 82.5 Å². The van der Waals surface area contributed by atoms with E-state index in [1.165, 1.54) is 19.5 Å². The zero-order valence-electron chi connectivity index (χ0n) is 26.6. The molecule has 48 heavy (non-hydrogen) atoms. The van der Waals surface area contributed by atoms with Crippen LogP contribution in [0.2, 0.25) is 0 Å². The Labute approximate surface area is 273 Å². The second-order valence-electron chi connectivity index (χ2n) is 12.2. The molecule has 2 aliphatic rings. The van der Waals surface area contributed by atoms with Gasteiger partial charge in [0.15, 0.2) is 0 Å². The molecule has 0 radical (unpaired) electrons. The van der Waals surface area contributed by atoms with Gasteiger partial charge in [0.05, 0.1) is 36.4 Å². The quantitative estimate of drug-likeness (QED) is 0.193. The zero-order chi connectivity index (χ0) is 34.8. The van der Waals surface area contributed by atoms with Crippen molar-refractivity contribution in [3.8, 4) is 11.1 Å². The molecule has 0 unspecified atom stereocenters. The maximum Gasteiger partial charge on any atom is 0.416 e. The lowest BCUT2D eigenvalue weighted by molar-refractivity contribution is -0.147. The van der Waals surface area contributed by atoms with Gasteiger partial charge in [-0.25, -0.2) is 14.8 Å². The van der Waals surface area contributed by atoms with Crippen LogP contribution in [0.3, 0.4) is 0 Å². The molecule has 0 bridgehead atoms. The number of likely N-dealkylation sites (tertiary alicyclic amines) is 1. The van der Waals surface area contributed by atoms with Gasteiger partial charge < -0.3 is 19.3 Å². The van der Waals surface area contributed by atoms with Crippen molar-refractivity contribution in [1.29, 1.82) is 0 Å². The number of rotatable bonds is 8. The predicted molar refractivity (Wildman–Crippen MR) is 160 cm³/mol. The summed E-state index contributed by atoms with van der Waals surface area (Å²) in [7, 11) is 3.06. The van der Waals surface area contributed by atoms with E-state index in [1.54, 1.807) is 33.9 Å². The first-order valence-electron chi connectivity index (χ1n) is 15.6. The maximum absolute atomic E-state index is 13.7. The lowest BCUT2D eigenvalue weighted by atomic mass is 9.87. The highest BCUT2D eigenvalue weighted by Gasteiger charge is 2.41. The van der Waals surface area contributed by atoms with Gasteiger partial charge >= 0.3 is 24.4 Å². The molecule has 5 rings (SSSR count). The normalized spacial score (nSPS) is 21.6. The fourth-order valence-electron chi connectivity index (χ4n) is 6.38. The summed E-state index contributed by atoms with van der Waals surface area (Å²) in [5.41, 5.74) is -1.77. The summed E-state index contributed by atoms with van der Waals surface area (Å²) >= 11 is 0. The Kier molecular flexibility index (Phi) is 10.2. The Bertz CT molecular complexity index is 1550. The van der Waals surface area contributed by atoms with E-state index >= 15 is 0 Å². The number of aryl methyl sites for hydroxylation is 1. The molecule has 1 aliphatic carbocycles. The van der Waals surface area contributed by atoms with E-state index in [2.05, 4.69) is 15.1 Å². The van der Waals surface area contributed by atoms with E-state index in [9.17, 15) is 35.9 Å². The minimum absolute atomic E-state index is 0.0739. The van der Waals surface area contributed by atoms with Crippen molar-refractivity contribution in [2.24, 2.45) is 13.0 Å². The van der Waals surface area contributed by atoms with Gasteiger partial charge in [-0.05, 0) is 62.3 Å².